The number of halogens is 2. The number of aryl methyl sites for hydroxylation is 1. The number of β-amino-alcohol motifs (C(OH)–C–C–N with tert-alkyl or cyclic N) is 1. The highest BCUT2D eigenvalue weighted by molar-refractivity contribution is 5.95. The molecule has 1 aliphatic heterocycles. The van der Waals surface area contributed by atoms with Gasteiger partial charge in [-0.15, -0.1) is 24.8 Å². The second-order valence-corrected chi connectivity index (χ2v) is 5.14. The highest BCUT2D eigenvalue weighted by Crippen LogP contribution is 2.18. The molecule has 0 saturated carbocycles. The average molecular weight is 348 g/mol. The van der Waals surface area contributed by atoms with Crippen LogP contribution in [-0.4, -0.2) is 41.7 Å². The monoisotopic (exact) mass is 347 g/mol. The minimum Gasteiger partial charge on any atom is -0.449 e. The number of carbonyl (C=O) groups is 1. The zero-order valence-corrected chi connectivity index (χ0v) is 13.7. The van der Waals surface area contributed by atoms with Crippen molar-refractivity contribution in [2.45, 2.75) is 13.0 Å². The van der Waals surface area contributed by atoms with E-state index in [9.17, 15) is 9.90 Å². The van der Waals surface area contributed by atoms with Crippen LogP contribution in [0.1, 0.15) is 16.2 Å². The van der Waals surface area contributed by atoms with Gasteiger partial charge in [0.2, 0.25) is 0 Å². The molecule has 1 amide bonds. The Morgan fingerprint density at radius 2 is 2.23 bits per heavy atom. The highest BCUT2D eigenvalue weighted by atomic mass is 35.5. The van der Waals surface area contributed by atoms with Crippen LogP contribution in [0.15, 0.2) is 22.6 Å². The maximum absolute atomic E-state index is 12.0. The van der Waals surface area contributed by atoms with Crippen LogP contribution in [0.3, 0.4) is 0 Å². The number of fused-ring (bicyclic) bond motifs is 1. The van der Waals surface area contributed by atoms with Crippen molar-refractivity contribution in [2.24, 2.45) is 5.92 Å². The number of rotatable bonds is 3. The number of hydrogen-bond acceptors (Lipinski definition) is 5. The van der Waals surface area contributed by atoms with Gasteiger partial charge in [0.05, 0.1) is 6.10 Å². The van der Waals surface area contributed by atoms with Crippen molar-refractivity contribution in [3.05, 3.63) is 29.7 Å². The Morgan fingerprint density at radius 1 is 1.45 bits per heavy atom. The molecule has 8 heteroatoms. The molecule has 0 aromatic carbocycles. The summed E-state index contributed by atoms with van der Waals surface area (Å²) in [4.78, 5) is 16.3. The van der Waals surface area contributed by atoms with Gasteiger partial charge in [0.15, 0.2) is 11.3 Å². The summed E-state index contributed by atoms with van der Waals surface area (Å²) in [7, 11) is 0. The van der Waals surface area contributed by atoms with Gasteiger partial charge in [-0.3, -0.25) is 4.79 Å². The van der Waals surface area contributed by atoms with E-state index < -0.39 is 6.10 Å². The van der Waals surface area contributed by atoms with Gasteiger partial charge < -0.3 is 20.2 Å². The van der Waals surface area contributed by atoms with E-state index in [4.69, 9.17) is 4.42 Å². The average Bonchev–Trinajstić information content (AvgIpc) is 3.01. The normalized spacial score (nSPS) is 20.3. The Morgan fingerprint density at radius 3 is 2.91 bits per heavy atom. The Hall–Kier alpha value is -1.34. The molecule has 3 heterocycles. The number of amides is 1. The van der Waals surface area contributed by atoms with Gasteiger partial charge in [-0.1, -0.05) is 0 Å². The summed E-state index contributed by atoms with van der Waals surface area (Å²) in [5.74, 6) is 0.0157. The minimum atomic E-state index is -0.407. The predicted molar refractivity (Wildman–Crippen MR) is 87.9 cm³/mol. The second-order valence-electron chi connectivity index (χ2n) is 5.14. The van der Waals surface area contributed by atoms with Gasteiger partial charge >= 0.3 is 0 Å². The summed E-state index contributed by atoms with van der Waals surface area (Å²) >= 11 is 0. The van der Waals surface area contributed by atoms with Crippen molar-refractivity contribution in [3.8, 4) is 0 Å². The van der Waals surface area contributed by atoms with Crippen LogP contribution in [0.2, 0.25) is 0 Å². The first-order chi connectivity index (χ1) is 9.63. The summed E-state index contributed by atoms with van der Waals surface area (Å²) in [5.41, 5.74) is 2.16. The summed E-state index contributed by atoms with van der Waals surface area (Å²) < 4.78 is 5.47. The molecule has 122 valence electrons. The van der Waals surface area contributed by atoms with Crippen LogP contribution in [0, 0.1) is 12.8 Å². The Kier molecular flexibility index (Phi) is 6.62. The molecular weight excluding hydrogens is 329 g/mol. The van der Waals surface area contributed by atoms with E-state index in [-0.39, 0.29) is 42.4 Å². The number of nitrogens with zero attached hydrogens (tertiary/aromatic N) is 1. The third-order valence-electron chi connectivity index (χ3n) is 3.57. The lowest BCUT2D eigenvalue weighted by molar-refractivity contribution is 0.0902. The van der Waals surface area contributed by atoms with Gasteiger partial charge in [0, 0.05) is 37.3 Å². The van der Waals surface area contributed by atoms with Crippen LogP contribution in [0.4, 0.5) is 0 Å². The van der Waals surface area contributed by atoms with Crippen molar-refractivity contribution in [2.75, 3.05) is 19.6 Å². The Labute approximate surface area is 140 Å². The number of carbonyl (C=O) groups excluding carboxylic acids is 1. The van der Waals surface area contributed by atoms with Crippen LogP contribution in [0.5, 0.6) is 0 Å². The summed E-state index contributed by atoms with van der Waals surface area (Å²) in [6.07, 6.45) is -0.407. The predicted octanol–water partition coefficient (Wildman–Crippen LogP) is 1.29. The van der Waals surface area contributed by atoms with Gasteiger partial charge in [0.25, 0.3) is 5.91 Å². The zero-order valence-electron chi connectivity index (χ0n) is 12.0. The lowest BCUT2D eigenvalue weighted by Gasteiger charge is -2.13. The molecule has 0 radical (unpaired) electrons. The van der Waals surface area contributed by atoms with Gasteiger partial charge in [-0.25, -0.2) is 4.98 Å². The number of aliphatic hydroxyl groups excluding tert-OH is 1. The molecule has 3 N–H and O–H groups in total. The Bertz CT molecular complexity index is 647. The van der Waals surface area contributed by atoms with Crippen molar-refractivity contribution >= 4 is 41.8 Å². The van der Waals surface area contributed by atoms with Crippen molar-refractivity contribution in [1.29, 1.82) is 0 Å². The van der Waals surface area contributed by atoms with E-state index in [0.717, 1.165) is 5.69 Å². The number of nitrogens with one attached hydrogen (secondary N) is 2. The van der Waals surface area contributed by atoms with E-state index >= 15 is 0 Å². The third kappa shape index (κ3) is 3.89. The Balaban J connectivity index is 0.00000121. The summed E-state index contributed by atoms with van der Waals surface area (Å²) in [5, 5.41) is 15.5. The number of hydrogen-bond donors (Lipinski definition) is 3. The second kappa shape index (κ2) is 7.78. The largest absolute Gasteiger partial charge is 0.449 e. The fraction of sp³-hybridized carbons (Fsp3) is 0.429. The maximum atomic E-state index is 12.0. The molecule has 3 rings (SSSR count). The molecule has 6 nitrogen and oxygen atoms in total. The van der Waals surface area contributed by atoms with Crippen LogP contribution in [-0.2, 0) is 0 Å². The van der Waals surface area contributed by atoms with Gasteiger partial charge in [-0.2, -0.15) is 0 Å². The fourth-order valence-electron chi connectivity index (χ4n) is 2.38. The summed E-state index contributed by atoms with van der Waals surface area (Å²) in [6, 6.07) is 5.29. The summed E-state index contributed by atoms with van der Waals surface area (Å²) in [6.45, 7) is 3.61. The van der Waals surface area contributed by atoms with Crippen molar-refractivity contribution in [3.63, 3.8) is 0 Å². The molecule has 2 atom stereocenters. The third-order valence-corrected chi connectivity index (χ3v) is 3.57. The molecule has 1 fully saturated rings. The van der Waals surface area contributed by atoms with E-state index in [0.29, 0.717) is 30.7 Å². The number of aromatic nitrogens is 1. The quantitative estimate of drug-likeness (QED) is 0.778. The molecule has 0 spiro atoms. The number of aliphatic hydroxyl groups is 1. The standard InChI is InChI=1S/C14H17N3O3.2ClH/c1-8-2-3-12-10(17-8)4-13(20-12)14(19)16-6-9-5-15-7-11(9)18;;/h2-4,9,11,15,18H,5-7H2,1H3,(H,16,19);2*1H. The number of furan rings is 1. The SMILES string of the molecule is Cc1ccc2oc(C(=O)NCC3CNCC3O)cc2n1.Cl.Cl. The van der Waals surface area contributed by atoms with Crippen LogP contribution < -0.4 is 10.6 Å². The molecule has 1 aliphatic rings. The maximum Gasteiger partial charge on any atom is 0.287 e. The molecule has 2 aromatic rings. The lowest BCUT2D eigenvalue weighted by atomic mass is 10.1. The van der Waals surface area contributed by atoms with Crippen molar-refractivity contribution < 1.29 is 14.3 Å². The van der Waals surface area contributed by atoms with E-state index in [1.165, 1.54) is 0 Å². The smallest absolute Gasteiger partial charge is 0.287 e. The molecule has 0 bridgehead atoms. The molecule has 1 saturated heterocycles. The molecular formula is C14H19Cl2N3O3. The molecule has 2 unspecified atom stereocenters. The van der Waals surface area contributed by atoms with Gasteiger partial charge in [0.1, 0.15) is 5.52 Å². The minimum absolute atomic E-state index is 0. The molecule has 2 aromatic heterocycles. The lowest BCUT2D eigenvalue weighted by Crippen LogP contribution is -2.34. The first-order valence-corrected chi connectivity index (χ1v) is 6.67. The van der Waals surface area contributed by atoms with Crippen molar-refractivity contribution in [1.82, 2.24) is 15.6 Å². The van der Waals surface area contributed by atoms with Gasteiger partial charge in [-0.05, 0) is 19.1 Å². The van der Waals surface area contributed by atoms with Crippen LogP contribution >= 0.6 is 24.8 Å². The van der Waals surface area contributed by atoms with E-state index in [1.54, 1.807) is 12.1 Å². The molecule has 22 heavy (non-hydrogen) atoms. The van der Waals surface area contributed by atoms with Crippen LogP contribution in [0.25, 0.3) is 11.1 Å². The van der Waals surface area contributed by atoms with E-state index in [2.05, 4.69) is 15.6 Å². The zero-order chi connectivity index (χ0) is 14.1. The first-order valence-electron chi connectivity index (χ1n) is 6.67. The topological polar surface area (TPSA) is 87.4 Å². The first kappa shape index (κ1) is 18.7. The highest BCUT2D eigenvalue weighted by Gasteiger charge is 2.25. The fourth-order valence-corrected chi connectivity index (χ4v) is 2.38. The van der Waals surface area contributed by atoms with E-state index in [1.807, 2.05) is 13.0 Å². The number of pyridine rings is 1. The molecule has 0 aliphatic carbocycles.